The Morgan fingerprint density at radius 1 is 1.22 bits per heavy atom. The van der Waals surface area contributed by atoms with E-state index in [9.17, 15) is 0 Å². The number of hydrogen-bond donors (Lipinski definition) is 1. The average Bonchev–Trinajstić information content (AvgIpc) is 2.38. The van der Waals surface area contributed by atoms with Crippen LogP contribution >= 0.6 is 11.6 Å². The number of aromatic nitrogens is 1. The van der Waals surface area contributed by atoms with Crippen LogP contribution in [0.4, 0.5) is 5.82 Å². The predicted molar refractivity (Wildman–Crippen MR) is 79.4 cm³/mol. The number of anilines is 1. The summed E-state index contributed by atoms with van der Waals surface area (Å²) in [6.07, 6.45) is 4.03. The van der Waals surface area contributed by atoms with E-state index in [1.807, 2.05) is 0 Å². The van der Waals surface area contributed by atoms with Crippen molar-refractivity contribution in [2.45, 2.75) is 40.2 Å². The van der Waals surface area contributed by atoms with Gasteiger partial charge in [-0.25, -0.2) is 4.98 Å². The molecule has 0 aromatic carbocycles. The lowest BCUT2D eigenvalue weighted by molar-refractivity contribution is 0.716. The van der Waals surface area contributed by atoms with Crippen molar-refractivity contribution in [3.05, 3.63) is 22.8 Å². The summed E-state index contributed by atoms with van der Waals surface area (Å²) >= 11 is 6.17. The van der Waals surface area contributed by atoms with E-state index in [1.165, 1.54) is 0 Å². The van der Waals surface area contributed by atoms with Gasteiger partial charge >= 0.3 is 0 Å². The fraction of sp³-hybridized carbons (Fsp3) is 0.643. The summed E-state index contributed by atoms with van der Waals surface area (Å²) in [5.41, 5.74) is 1.13. The Labute approximate surface area is 116 Å². The van der Waals surface area contributed by atoms with Gasteiger partial charge in [-0.05, 0) is 31.0 Å². The van der Waals surface area contributed by atoms with E-state index in [2.05, 4.69) is 42.0 Å². The summed E-state index contributed by atoms with van der Waals surface area (Å²) in [6, 6.07) is 2.11. The molecule has 0 aliphatic rings. The maximum Gasteiger partial charge on any atom is 0.128 e. The van der Waals surface area contributed by atoms with E-state index in [4.69, 9.17) is 11.6 Å². The fourth-order valence-corrected chi connectivity index (χ4v) is 2.09. The van der Waals surface area contributed by atoms with E-state index >= 15 is 0 Å². The van der Waals surface area contributed by atoms with Gasteiger partial charge in [0.05, 0.1) is 5.02 Å². The molecule has 0 fully saturated rings. The molecule has 0 saturated heterocycles. The molecule has 1 aromatic rings. The Morgan fingerprint density at radius 3 is 2.44 bits per heavy atom. The minimum atomic E-state index is 0.743. The van der Waals surface area contributed by atoms with Gasteiger partial charge in [-0.15, -0.1) is 0 Å². The van der Waals surface area contributed by atoms with Gasteiger partial charge < -0.3 is 10.2 Å². The second-order valence-electron chi connectivity index (χ2n) is 4.40. The van der Waals surface area contributed by atoms with E-state index in [-0.39, 0.29) is 0 Å². The average molecular weight is 270 g/mol. The summed E-state index contributed by atoms with van der Waals surface area (Å²) in [7, 11) is 0. The minimum Gasteiger partial charge on any atom is -0.357 e. The van der Waals surface area contributed by atoms with Crippen LogP contribution in [0.1, 0.15) is 39.2 Å². The molecular formula is C14H24ClN3. The number of nitrogens with zero attached hydrogens (tertiary/aromatic N) is 2. The van der Waals surface area contributed by atoms with Crippen LogP contribution in [0.5, 0.6) is 0 Å². The number of rotatable bonds is 8. The first kappa shape index (κ1) is 15.3. The van der Waals surface area contributed by atoms with Crippen LogP contribution in [0.3, 0.4) is 0 Å². The van der Waals surface area contributed by atoms with Gasteiger partial charge in [-0.3, -0.25) is 0 Å². The van der Waals surface area contributed by atoms with Crippen molar-refractivity contribution in [2.24, 2.45) is 0 Å². The van der Waals surface area contributed by atoms with Crippen LogP contribution in [-0.2, 0) is 6.54 Å². The lowest BCUT2D eigenvalue weighted by atomic mass is 10.2. The predicted octanol–water partition coefficient (Wildman–Crippen LogP) is 3.47. The van der Waals surface area contributed by atoms with Crippen molar-refractivity contribution in [3.8, 4) is 0 Å². The highest BCUT2D eigenvalue weighted by Gasteiger charge is 2.09. The molecule has 102 valence electrons. The van der Waals surface area contributed by atoms with Gasteiger partial charge in [-0.1, -0.05) is 32.4 Å². The van der Waals surface area contributed by atoms with Gasteiger partial charge in [0.2, 0.25) is 0 Å². The third-order valence-electron chi connectivity index (χ3n) is 2.80. The Balaban J connectivity index is 2.86. The normalized spacial score (nSPS) is 10.7. The van der Waals surface area contributed by atoms with Crippen LogP contribution in [0.25, 0.3) is 0 Å². The molecule has 3 nitrogen and oxygen atoms in total. The molecule has 18 heavy (non-hydrogen) atoms. The summed E-state index contributed by atoms with van der Waals surface area (Å²) in [6.45, 7) is 10.3. The second-order valence-corrected chi connectivity index (χ2v) is 4.81. The molecular weight excluding hydrogens is 246 g/mol. The van der Waals surface area contributed by atoms with Crippen LogP contribution in [-0.4, -0.2) is 24.6 Å². The maximum absolute atomic E-state index is 6.17. The van der Waals surface area contributed by atoms with E-state index in [0.29, 0.717) is 0 Å². The molecule has 1 N–H and O–H groups in total. The van der Waals surface area contributed by atoms with Gasteiger partial charge in [0.25, 0.3) is 0 Å². The lowest BCUT2D eigenvalue weighted by Gasteiger charge is -2.23. The molecule has 0 saturated carbocycles. The molecule has 0 bridgehead atoms. The summed E-state index contributed by atoms with van der Waals surface area (Å²) in [5.74, 6) is 1.04. The molecule has 0 aliphatic heterocycles. The van der Waals surface area contributed by atoms with Crippen molar-refractivity contribution in [1.82, 2.24) is 10.3 Å². The monoisotopic (exact) mass is 269 g/mol. The first-order chi connectivity index (χ1) is 8.72. The van der Waals surface area contributed by atoms with E-state index in [1.54, 1.807) is 6.20 Å². The van der Waals surface area contributed by atoms with Crippen molar-refractivity contribution in [3.63, 3.8) is 0 Å². The highest BCUT2D eigenvalue weighted by Crippen LogP contribution is 2.20. The molecule has 0 amide bonds. The lowest BCUT2D eigenvalue weighted by Crippen LogP contribution is -2.26. The summed E-state index contributed by atoms with van der Waals surface area (Å²) in [4.78, 5) is 6.78. The third-order valence-corrected chi connectivity index (χ3v) is 3.14. The Bertz CT molecular complexity index is 349. The van der Waals surface area contributed by atoms with Crippen LogP contribution in [0, 0.1) is 0 Å². The van der Waals surface area contributed by atoms with Crippen LogP contribution in [0.2, 0.25) is 5.02 Å². The molecule has 0 aliphatic carbocycles. The molecule has 4 heteroatoms. The molecule has 1 rings (SSSR count). The highest BCUT2D eigenvalue weighted by molar-refractivity contribution is 6.31. The molecule has 0 radical (unpaired) electrons. The van der Waals surface area contributed by atoms with Gasteiger partial charge in [0, 0.05) is 25.8 Å². The fourth-order valence-electron chi connectivity index (χ4n) is 1.92. The Kier molecular flexibility index (Phi) is 7.06. The van der Waals surface area contributed by atoms with Gasteiger partial charge in [0.1, 0.15) is 5.82 Å². The zero-order valence-corrected chi connectivity index (χ0v) is 12.4. The van der Waals surface area contributed by atoms with Crippen LogP contribution in [0.15, 0.2) is 12.3 Å². The number of pyridine rings is 1. The minimum absolute atomic E-state index is 0.743. The van der Waals surface area contributed by atoms with Crippen molar-refractivity contribution >= 4 is 17.4 Å². The topological polar surface area (TPSA) is 28.2 Å². The Hall–Kier alpha value is -0.800. The van der Waals surface area contributed by atoms with Crippen molar-refractivity contribution < 1.29 is 0 Å². The van der Waals surface area contributed by atoms with Crippen molar-refractivity contribution in [2.75, 3.05) is 24.5 Å². The maximum atomic E-state index is 6.17. The molecule has 0 unspecified atom stereocenters. The van der Waals surface area contributed by atoms with E-state index < -0.39 is 0 Å². The largest absolute Gasteiger partial charge is 0.357 e. The van der Waals surface area contributed by atoms with Crippen LogP contribution < -0.4 is 10.2 Å². The molecule has 1 aromatic heterocycles. The standard InChI is InChI=1S/C14H24ClN3/c1-4-7-18(8-5-2)14-9-12(10-16-6-3)13(15)11-17-14/h9,11,16H,4-8,10H2,1-3H3. The highest BCUT2D eigenvalue weighted by atomic mass is 35.5. The summed E-state index contributed by atoms with van der Waals surface area (Å²) in [5, 5.41) is 4.05. The third kappa shape index (κ3) is 4.46. The zero-order chi connectivity index (χ0) is 13.4. The molecule has 1 heterocycles. The zero-order valence-electron chi connectivity index (χ0n) is 11.7. The van der Waals surface area contributed by atoms with Gasteiger partial charge in [0.15, 0.2) is 0 Å². The first-order valence-electron chi connectivity index (χ1n) is 6.82. The van der Waals surface area contributed by atoms with E-state index in [0.717, 1.165) is 55.4 Å². The van der Waals surface area contributed by atoms with Crippen molar-refractivity contribution in [1.29, 1.82) is 0 Å². The first-order valence-corrected chi connectivity index (χ1v) is 7.20. The smallest absolute Gasteiger partial charge is 0.128 e. The quantitative estimate of drug-likeness (QED) is 0.783. The second kappa shape index (κ2) is 8.33. The Morgan fingerprint density at radius 2 is 1.89 bits per heavy atom. The molecule has 0 spiro atoms. The number of hydrogen-bond acceptors (Lipinski definition) is 3. The summed E-state index contributed by atoms with van der Waals surface area (Å²) < 4.78 is 0. The molecule has 0 atom stereocenters. The number of halogens is 1. The number of nitrogens with one attached hydrogen (secondary N) is 1. The van der Waals surface area contributed by atoms with Gasteiger partial charge in [-0.2, -0.15) is 0 Å². The SMILES string of the molecule is CCCN(CCC)c1cc(CNCC)c(Cl)cn1.